The van der Waals surface area contributed by atoms with Crippen molar-refractivity contribution in [3.8, 4) is 0 Å². The Bertz CT molecular complexity index is 546. The minimum absolute atomic E-state index is 0.163. The lowest BCUT2D eigenvalue weighted by molar-refractivity contribution is 0.236. The molecule has 4 nitrogen and oxygen atoms in total. The van der Waals surface area contributed by atoms with Gasteiger partial charge in [-0.05, 0) is 18.2 Å². The van der Waals surface area contributed by atoms with Gasteiger partial charge in [0.25, 0.3) is 10.0 Å². The molecule has 1 aromatic carbocycles. The second-order valence-corrected chi connectivity index (χ2v) is 5.05. The van der Waals surface area contributed by atoms with Gasteiger partial charge in [0.15, 0.2) is 0 Å². The number of alkyl halides is 2. The minimum atomic E-state index is -4.84. The monoisotopic (exact) mass is 284 g/mol. The van der Waals surface area contributed by atoms with Gasteiger partial charge in [0.05, 0.1) is 5.69 Å². The number of hydrogen-bond donors (Lipinski definition) is 2. The van der Waals surface area contributed by atoms with Gasteiger partial charge in [-0.25, -0.2) is 12.8 Å². The first kappa shape index (κ1) is 13.7. The molecule has 1 aromatic rings. The molecule has 3 N–H and O–H groups in total. The SMILES string of the molecule is NC(=S)c1cc(F)ccc1NS(=O)(=O)C(F)F. The number of benzene rings is 1. The topological polar surface area (TPSA) is 72.2 Å². The summed E-state index contributed by atoms with van der Waals surface area (Å²) in [6, 6.07) is 2.71. The van der Waals surface area contributed by atoms with Crippen LogP contribution in [0.5, 0.6) is 0 Å². The number of nitrogens with two attached hydrogens (primary N) is 1. The summed E-state index contributed by atoms with van der Waals surface area (Å²) >= 11 is 4.55. The fraction of sp³-hybridized carbons (Fsp3) is 0.125. The highest BCUT2D eigenvalue weighted by atomic mass is 32.2. The van der Waals surface area contributed by atoms with E-state index in [2.05, 4.69) is 12.2 Å². The van der Waals surface area contributed by atoms with E-state index in [0.29, 0.717) is 0 Å². The van der Waals surface area contributed by atoms with Gasteiger partial charge >= 0.3 is 5.76 Å². The number of anilines is 1. The number of hydrogen-bond acceptors (Lipinski definition) is 3. The summed E-state index contributed by atoms with van der Waals surface area (Å²) in [5, 5.41) is 0. The lowest BCUT2D eigenvalue weighted by Crippen LogP contribution is -2.23. The first-order valence-corrected chi connectivity index (χ1v) is 6.08. The van der Waals surface area contributed by atoms with Gasteiger partial charge in [-0.15, -0.1) is 0 Å². The van der Waals surface area contributed by atoms with Crippen LogP contribution in [-0.2, 0) is 10.0 Å². The molecule has 0 radical (unpaired) electrons. The van der Waals surface area contributed by atoms with Crippen molar-refractivity contribution < 1.29 is 21.6 Å². The van der Waals surface area contributed by atoms with E-state index in [1.807, 2.05) is 0 Å². The minimum Gasteiger partial charge on any atom is -0.389 e. The molecule has 0 spiro atoms. The van der Waals surface area contributed by atoms with Crippen LogP contribution in [0.25, 0.3) is 0 Å². The number of nitrogens with one attached hydrogen (secondary N) is 1. The summed E-state index contributed by atoms with van der Waals surface area (Å²) in [6.45, 7) is 0. The van der Waals surface area contributed by atoms with Crippen molar-refractivity contribution in [3.63, 3.8) is 0 Å². The zero-order chi connectivity index (χ0) is 13.2. The van der Waals surface area contributed by atoms with Crippen molar-refractivity contribution in [2.24, 2.45) is 5.73 Å². The van der Waals surface area contributed by atoms with Gasteiger partial charge in [-0.1, -0.05) is 12.2 Å². The second kappa shape index (κ2) is 4.88. The first-order valence-electron chi connectivity index (χ1n) is 4.13. The van der Waals surface area contributed by atoms with Crippen molar-refractivity contribution in [1.29, 1.82) is 0 Å². The van der Waals surface area contributed by atoms with Crippen molar-refractivity contribution in [3.05, 3.63) is 29.6 Å². The Morgan fingerprint density at radius 1 is 1.41 bits per heavy atom. The molecule has 0 saturated heterocycles. The molecule has 94 valence electrons. The molecule has 0 aliphatic carbocycles. The highest BCUT2D eigenvalue weighted by molar-refractivity contribution is 7.93. The summed E-state index contributed by atoms with van der Waals surface area (Å²) in [6.07, 6.45) is 0. The standard InChI is InChI=1S/C8H7F3N2O2S2/c9-4-1-2-6(5(3-4)7(12)16)13-17(14,15)8(10)11/h1-3,8,13H,(H2,12,16). The van der Waals surface area contributed by atoms with E-state index in [-0.39, 0.29) is 16.2 Å². The number of sulfonamides is 1. The first-order chi connectivity index (χ1) is 7.74. The maximum atomic E-state index is 12.9. The molecule has 0 fully saturated rings. The molecule has 17 heavy (non-hydrogen) atoms. The van der Waals surface area contributed by atoms with Crippen LogP contribution in [0.1, 0.15) is 5.56 Å². The summed E-state index contributed by atoms with van der Waals surface area (Å²) in [4.78, 5) is -0.309. The Kier molecular flexibility index (Phi) is 3.94. The van der Waals surface area contributed by atoms with E-state index in [0.717, 1.165) is 18.2 Å². The van der Waals surface area contributed by atoms with Crippen LogP contribution >= 0.6 is 12.2 Å². The van der Waals surface area contributed by atoms with Crippen LogP contribution in [0.4, 0.5) is 18.9 Å². The Labute approximate surface area is 101 Å². The van der Waals surface area contributed by atoms with Crippen LogP contribution in [0.15, 0.2) is 18.2 Å². The van der Waals surface area contributed by atoms with Crippen LogP contribution in [0.3, 0.4) is 0 Å². The Morgan fingerprint density at radius 3 is 2.47 bits per heavy atom. The van der Waals surface area contributed by atoms with Crippen LogP contribution < -0.4 is 10.5 Å². The van der Waals surface area contributed by atoms with E-state index in [1.54, 1.807) is 4.72 Å². The predicted octanol–water partition coefficient (Wildman–Crippen LogP) is 1.42. The molecule has 0 aliphatic rings. The van der Waals surface area contributed by atoms with Crippen molar-refractivity contribution in [2.45, 2.75) is 5.76 Å². The predicted molar refractivity (Wildman–Crippen MR) is 60.8 cm³/mol. The number of thiocarbonyl (C=S) groups is 1. The molecule has 1 rings (SSSR count). The lowest BCUT2D eigenvalue weighted by Gasteiger charge is -2.11. The molecule has 0 heterocycles. The summed E-state index contributed by atoms with van der Waals surface area (Å²) in [7, 11) is -4.84. The van der Waals surface area contributed by atoms with Crippen molar-refractivity contribution in [2.75, 3.05) is 4.72 Å². The third-order valence-electron chi connectivity index (χ3n) is 1.73. The van der Waals surface area contributed by atoms with Crippen LogP contribution in [0, 0.1) is 5.82 Å². The summed E-state index contributed by atoms with van der Waals surface area (Å²) in [5.74, 6) is -4.32. The Morgan fingerprint density at radius 2 is 2.00 bits per heavy atom. The van der Waals surface area contributed by atoms with Crippen molar-refractivity contribution >= 4 is 32.9 Å². The van der Waals surface area contributed by atoms with Gasteiger partial charge in [-0.3, -0.25) is 4.72 Å². The van der Waals surface area contributed by atoms with E-state index in [9.17, 15) is 21.6 Å². The molecule has 9 heteroatoms. The normalized spacial score (nSPS) is 11.5. The van der Waals surface area contributed by atoms with Gasteiger partial charge < -0.3 is 5.73 Å². The number of halogens is 3. The third kappa shape index (κ3) is 3.30. The van der Waals surface area contributed by atoms with Crippen LogP contribution in [0.2, 0.25) is 0 Å². The molecule has 0 amide bonds. The second-order valence-electron chi connectivity index (χ2n) is 2.96. The van der Waals surface area contributed by atoms with Crippen molar-refractivity contribution in [1.82, 2.24) is 0 Å². The average molecular weight is 284 g/mol. The Balaban J connectivity index is 3.20. The molecular formula is C8H7F3N2O2S2. The quantitative estimate of drug-likeness (QED) is 0.820. The summed E-state index contributed by atoms with van der Waals surface area (Å²) in [5.41, 5.74) is 4.77. The van der Waals surface area contributed by atoms with Crippen LogP contribution in [-0.4, -0.2) is 19.2 Å². The van der Waals surface area contributed by atoms with E-state index >= 15 is 0 Å². The van der Waals surface area contributed by atoms with E-state index in [4.69, 9.17) is 5.73 Å². The average Bonchev–Trinajstić information content (AvgIpc) is 2.19. The molecule has 0 atom stereocenters. The fourth-order valence-corrected chi connectivity index (χ4v) is 1.75. The maximum absolute atomic E-state index is 12.9. The zero-order valence-corrected chi connectivity index (χ0v) is 9.79. The van der Waals surface area contributed by atoms with Gasteiger partial charge in [0.1, 0.15) is 10.8 Å². The summed E-state index contributed by atoms with van der Waals surface area (Å²) < 4.78 is 60.5. The smallest absolute Gasteiger partial charge is 0.355 e. The molecule has 0 saturated carbocycles. The maximum Gasteiger partial charge on any atom is 0.355 e. The van der Waals surface area contributed by atoms with E-state index in [1.165, 1.54) is 0 Å². The molecular weight excluding hydrogens is 277 g/mol. The largest absolute Gasteiger partial charge is 0.389 e. The molecule has 0 aromatic heterocycles. The Hall–Kier alpha value is -1.35. The molecule has 0 aliphatic heterocycles. The number of rotatable bonds is 4. The highest BCUT2D eigenvalue weighted by Crippen LogP contribution is 2.20. The fourth-order valence-electron chi connectivity index (χ4n) is 1.01. The zero-order valence-electron chi connectivity index (χ0n) is 8.15. The van der Waals surface area contributed by atoms with Gasteiger partial charge in [-0.2, -0.15) is 8.78 Å². The highest BCUT2D eigenvalue weighted by Gasteiger charge is 2.25. The third-order valence-corrected chi connectivity index (χ3v) is 2.93. The molecule has 0 bridgehead atoms. The lowest BCUT2D eigenvalue weighted by atomic mass is 10.2. The van der Waals surface area contributed by atoms with Gasteiger partial charge in [0.2, 0.25) is 0 Å². The molecule has 0 unspecified atom stereocenters. The van der Waals surface area contributed by atoms with E-state index < -0.39 is 21.6 Å². The van der Waals surface area contributed by atoms with Gasteiger partial charge in [0, 0.05) is 5.56 Å².